The van der Waals surface area contributed by atoms with Gasteiger partial charge in [0, 0.05) is 23.9 Å². The van der Waals surface area contributed by atoms with Crippen molar-refractivity contribution >= 4 is 22.6 Å². The maximum Gasteiger partial charge on any atom is 0.336 e. The van der Waals surface area contributed by atoms with Crippen LogP contribution in [0.3, 0.4) is 0 Å². The second kappa shape index (κ2) is 9.23. The average molecular weight is 454 g/mol. The second-order valence-corrected chi connectivity index (χ2v) is 7.89. The smallest absolute Gasteiger partial charge is 0.336 e. The topological polar surface area (TPSA) is 81.3 Å². The van der Waals surface area contributed by atoms with Crippen molar-refractivity contribution in [1.29, 1.82) is 0 Å². The van der Waals surface area contributed by atoms with Gasteiger partial charge in [0.15, 0.2) is 6.61 Å². The molecule has 1 aromatic heterocycles. The number of hydrogen-bond donors (Lipinski definition) is 0. The van der Waals surface area contributed by atoms with E-state index in [4.69, 9.17) is 13.9 Å². The molecule has 0 saturated heterocycles. The van der Waals surface area contributed by atoms with E-state index in [9.17, 15) is 9.59 Å². The summed E-state index contributed by atoms with van der Waals surface area (Å²) in [5.41, 5.74) is 2.72. The number of nitrogens with zero attached hydrogens (tertiary/aromatic N) is 2. The van der Waals surface area contributed by atoms with Crippen LogP contribution in [0.1, 0.15) is 23.6 Å². The van der Waals surface area contributed by atoms with Gasteiger partial charge in [0.1, 0.15) is 17.1 Å². The van der Waals surface area contributed by atoms with Crippen molar-refractivity contribution in [2.45, 2.75) is 12.5 Å². The van der Waals surface area contributed by atoms with Crippen molar-refractivity contribution in [3.8, 4) is 11.5 Å². The fourth-order valence-corrected chi connectivity index (χ4v) is 3.97. The molecule has 5 rings (SSSR count). The molecular formula is C27H22N2O5. The predicted octanol–water partition coefficient (Wildman–Crippen LogP) is 4.56. The van der Waals surface area contributed by atoms with Crippen LogP contribution < -0.4 is 15.1 Å². The molecule has 4 aromatic rings. The zero-order valence-electron chi connectivity index (χ0n) is 18.5. The standard InChI is InChI=1S/C27H22N2O5/c1-32-21-11-7-19(8-12-21)24-16-23(18-5-3-2-4-6-18)28-29(24)26(30)17-33-22-13-9-20-10-14-27(31)34-25(20)15-22/h2-15,24H,16-17H2,1H3/t24-/m0/s1. The average Bonchev–Trinajstić information content (AvgIpc) is 3.33. The van der Waals surface area contributed by atoms with Crippen LogP contribution in [0.4, 0.5) is 0 Å². The highest BCUT2D eigenvalue weighted by Crippen LogP contribution is 2.33. The Morgan fingerprint density at radius 1 is 1.00 bits per heavy atom. The monoisotopic (exact) mass is 454 g/mol. The van der Waals surface area contributed by atoms with E-state index in [2.05, 4.69) is 5.10 Å². The highest BCUT2D eigenvalue weighted by Gasteiger charge is 2.33. The number of ether oxygens (including phenoxy) is 2. The lowest BCUT2D eigenvalue weighted by atomic mass is 9.98. The van der Waals surface area contributed by atoms with E-state index >= 15 is 0 Å². The third-order valence-electron chi connectivity index (χ3n) is 5.73. The van der Waals surface area contributed by atoms with Crippen LogP contribution in [-0.4, -0.2) is 30.3 Å². The molecular weight excluding hydrogens is 432 g/mol. The van der Waals surface area contributed by atoms with Gasteiger partial charge in [-0.15, -0.1) is 0 Å². The van der Waals surface area contributed by atoms with Crippen LogP contribution in [0.15, 0.2) is 99.2 Å². The molecule has 1 amide bonds. The van der Waals surface area contributed by atoms with Crippen molar-refractivity contribution < 1.29 is 18.7 Å². The van der Waals surface area contributed by atoms with Gasteiger partial charge in [-0.1, -0.05) is 42.5 Å². The molecule has 0 aliphatic carbocycles. The first kappa shape index (κ1) is 21.5. The zero-order valence-corrected chi connectivity index (χ0v) is 18.5. The van der Waals surface area contributed by atoms with Gasteiger partial charge in [-0.25, -0.2) is 9.80 Å². The third kappa shape index (κ3) is 4.41. The van der Waals surface area contributed by atoms with E-state index in [0.29, 0.717) is 17.8 Å². The Labute approximate surface area is 195 Å². The quantitative estimate of drug-likeness (QED) is 0.399. The number of hydrazone groups is 1. The Kier molecular flexibility index (Phi) is 5.82. The predicted molar refractivity (Wildman–Crippen MR) is 128 cm³/mol. The Hall–Kier alpha value is -4.39. The highest BCUT2D eigenvalue weighted by molar-refractivity contribution is 6.03. The Bertz CT molecular complexity index is 1410. The maximum atomic E-state index is 13.2. The number of benzene rings is 3. The molecule has 34 heavy (non-hydrogen) atoms. The SMILES string of the molecule is COc1ccc([C@@H]2CC(c3ccccc3)=NN2C(=O)COc2ccc3ccc(=O)oc3c2)cc1. The molecule has 7 nitrogen and oxygen atoms in total. The molecule has 0 fully saturated rings. The van der Waals surface area contributed by atoms with Gasteiger partial charge in [-0.3, -0.25) is 4.79 Å². The molecule has 1 aliphatic rings. The molecule has 0 N–H and O–H groups in total. The Balaban J connectivity index is 1.38. The van der Waals surface area contributed by atoms with E-state index in [1.165, 1.54) is 11.1 Å². The minimum absolute atomic E-state index is 0.208. The summed E-state index contributed by atoms with van der Waals surface area (Å²) >= 11 is 0. The lowest BCUT2D eigenvalue weighted by Crippen LogP contribution is -2.31. The van der Waals surface area contributed by atoms with E-state index in [-0.39, 0.29) is 18.6 Å². The van der Waals surface area contributed by atoms with Gasteiger partial charge in [0.25, 0.3) is 5.91 Å². The number of amides is 1. The van der Waals surface area contributed by atoms with Crippen LogP contribution in [0.25, 0.3) is 11.0 Å². The maximum absolute atomic E-state index is 13.2. The first-order valence-corrected chi connectivity index (χ1v) is 10.9. The summed E-state index contributed by atoms with van der Waals surface area (Å²) in [4.78, 5) is 24.7. The summed E-state index contributed by atoms with van der Waals surface area (Å²) in [7, 11) is 1.62. The van der Waals surface area contributed by atoms with Crippen molar-refractivity contribution in [2.24, 2.45) is 5.10 Å². The van der Waals surface area contributed by atoms with E-state index in [1.807, 2.05) is 54.6 Å². The molecule has 0 spiro atoms. The lowest BCUT2D eigenvalue weighted by Gasteiger charge is -2.22. The molecule has 170 valence electrons. The number of rotatable bonds is 6. The number of methoxy groups -OCH3 is 1. The van der Waals surface area contributed by atoms with Crippen molar-refractivity contribution in [3.05, 3.63) is 106 Å². The summed E-state index contributed by atoms with van der Waals surface area (Å²) in [5.74, 6) is 0.902. The van der Waals surface area contributed by atoms with Gasteiger partial charge in [-0.05, 0) is 41.5 Å². The third-order valence-corrected chi connectivity index (χ3v) is 5.73. The fraction of sp³-hybridized carbons (Fsp3) is 0.148. The fourth-order valence-electron chi connectivity index (χ4n) is 3.97. The second-order valence-electron chi connectivity index (χ2n) is 7.89. The van der Waals surface area contributed by atoms with Crippen LogP contribution >= 0.6 is 0 Å². The molecule has 1 aliphatic heterocycles. The Morgan fingerprint density at radius 2 is 1.74 bits per heavy atom. The van der Waals surface area contributed by atoms with Crippen molar-refractivity contribution in [3.63, 3.8) is 0 Å². The summed E-state index contributed by atoms with van der Waals surface area (Å²) in [6.07, 6.45) is 0.587. The van der Waals surface area contributed by atoms with Gasteiger partial charge >= 0.3 is 5.63 Å². The highest BCUT2D eigenvalue weighted by atomic mass is 16.5. The summed E-state index contributed by atoms with van der Waals surface area (Å²) in [5, 5.41) is 6.93. The van der Waals surface area contributed by atoms with E-state index < -0.39 is 5.63 Å². The summed E-state index contributed by atoms with van der Waals surface area (Å²) in [6, 6.07) is 25.4. The summed E-state index contributed by atoms with van der Waals surface area (Å²) in [6.45, 7) is -0.208. The van der Waals surface area contributed by atoms with E-state index in [0.717, 1.165) is 28.0 Å². The van der Waals surface area contributed by atoms with Crippen molar-refractivity contribution in [1.82, 2.24) is 5.01 Å². The Morgan fingerprint density at radius 3 is 2.50 bits per heavy atom. The largest absolute Gasteiger partial charge is 0.497 e. The van der Waals surface area contributed by atoms with Crippen LogP contribution in [0.2, 0.25) is 0 Å². The first-order chi connectivity index (χ1) is 16.6. The first-order valence-electron chi connectivity index (χ1n) is 10.9. The van der Waals surface area contributed by atoms with E-state index in [1.54, 1.807) is 31.4 Å². The van der Waals surface area contributed by atoms with Gasteiger partial charge in [0.2, 0.25) is 0 Å². The number of carbonyl (C=O) groups is 1. The van der Waals surface area contributed by atoms with Gasteiger partial charge < -0.3 is 13.9 Å². The van der Waals surface area contributed by atoms with Gasteiger partial charge in [-0.2, -0.15) is 5.10 Å². The van der Waals surface area contributed by atoms with Crippen LogP contribution in [0.5, 0.6) is 11.5 Å². The number of carbonyl (C=O) groups excluding carboxylic acids is 1. The minimum atomic E-state index is -0.442. The molecule has 0 unspecified atom stereocenters. The lowest BCUT2D eigenvalue weighted by molar-refractivity contribution is -0.135. The van der Waals surface area contributed by atoms with Gasteiger partial charge in [0.05, 0.1) is 18.9 Å². The summed E-state index contributed by atoms with van der Waals surface area (Å²) < 4.78 is 16.2. The minimum Gasteiger partial charge on any atom is -0.497 e. The normalized spacial score (nSPS) is 15.3. The zero-order chi connectivity index (χ0) is 23.5. The van der Waals surface area contributed by atoms with Crippen LogP contribution in [-0.2, 0) is 4.79 Å². The molecule has 0 saturated carbocycles. The number of hydrogen-bond acceptors (Lipinski definition) is 6. The van der Waals surface area contributed by atoms with Crippen LogP contribution in [0, 0.1) is 0 Å². The number of fused-ring (bicyclic) bond motifs is 1. The molecule has 0 radical (unpaired) electrons. The molecule has 3 aromatic carbocycles. The molecule has 0 bridgehead atoms. The molecule has 2 heterocycles. The van der Waals surface area contributed by atoms with Crippen molar-refractivity contribution in [2.75, 3.05) is 13.7 Å². The molecule has 1 atom stereocenters. The molecule has 7 heteroatoms.